The van der Waals surface area contributed by atoms with Crippen molar-refractivity contribution in [1.82, 2.24) is 16.0 Å². The van der Waals surface area contributed by atoms with Crippen LogP contribution < -0.4 is 16.0 Å². The Morgan fingerprint density at radius 3 is 2.55 bits per heavy atom. The predicted octanol–water partition coefficient (Wildman–Crippen LogP) is 3.70. The first-order chi connectivity index (χ1) is 13.4. The van der Waals surface area contributed by atoms with Crippen molar-refractivity contribution in [3.63, 3.8) is 0 Å². The molecule has 0 bridgehead atoms. The summed E-state index contributed by atoms with van der Waals surface area (Å²) in [7, 11) is 0. The standard InChI is InChI=1S/C21H29FN4OS.HI/c1-4-23-20(26-15-21(2,3)18-9-6-12-28-18)25-11-10-24-19(27)14-16-7-5-8-17(22)13-16;/h5-9,12-13H,4,10-11,14-15H2,1-3H3,(H,24,27)(H2,23,25,26);1H. The van der Waals surface area contributed by atoms with Crippen molar-refractivity contribution < 1.29 is 9.18 Å². The van der Waals surface area contributed by atoms with Crippen molar-refractivity contribution in [3.05, 3.63) is 58.0 Å². The van der Waals surface area contributed by atoms with Crippen LogP contribution >= 0.6 is 35.3 Å². The van der Waals surface area contributed by atoms with Gasteiger partial charge in [0.15, 0.2) is 5.96 Å². The van der Waals surface area contributed by atoms with Crippen molar-refractivity contribution in [2.45, 2.75) is 32.6 Å². The molecule has 1 amide bonds. The molecule has 3 N–H and O–H groups in total. The fourth-order valence-electron chi connectivity index (χ4n) is 2.64. The second-order valence-corrected chi connectivity index (χ2v) is 8.09. The van der Waals surface area contributed by atoms with Crippen molar-refractivity contribution in [2.24, 2.45) is 4.99 Å². The summed E-state index contributed by atoms with van der Waals surface area (Å²) in [5, 5.41) is 11.4. The number of rotatable bonds is 9. The number of carbonyl (C=O) groups is 1. The fraction of sp³-hybridized carbons (Fsp3) is 0.429. The predicted molar refractivity (Wildman–Crippen MR) is 130 cm³/mol. The number of nitrogens with zero attached hydrogens (tertiary/aromatic N) is 1. The van der Waals surface area contributed by atoms with Gasteiger partial charge in [-0.2, -0.15) is 0 Å². The summed E-state index contributed by atoms with van der Waals surface area (Å²) in [4.78, 5) is 18.0. The third kappa shape index (κ3) is 9.12. The normalized spacial score (nSPS) is 11.5. The van der Waals surface area contributed by atoms with Crippen LogP contribution in [-0.4, -0.2) is 38.0 Å². The van der Waals surface area contributed by atoms with E-state index < -0.39 is 0 Å². The van der Waals surface area contributed by atoms with Gasteiger partial charge in [0.2, 0.25) is 5.91 Å². The molecule has 0 atom stereocenters. The van der Waals surface area contributed by atoms with E-state index in [4.69, 9.17) is 0 Å². The lowest BCUT2D eigenvalue weighted by molar-refractivity contribution is -0.120. The Morgan fingerprint density at radius 1 is 1.14 bits per heavy atom. The minimum Gasteiger partial charge on any atom is -0.357 e. The Kier molecular flexibility index (Phi) is 11.2. The molecule has 0 aliphatic rings. The lowest BCUT2D eigenvalue weighted by Gasteiger charge is -2.22. The molecule has 1 aromatic carbocycles. The van der Waals surface area contributed by atoms with Crippen LogP contribution in [0.4, 0.5) is 4.39 Å². The van der Waals surface area contributed by atoms with E-state index in [1.165, 1.54) is 17.0 Å². The maximum Gasteiger partial charge on any atom is 0.224 e. The van der Waals surface area contributed by atoms with E-state index in [1.807, 2.05) is 6.92 Å². The number of halogens is 2. The van der Waals surface area contributed by atoms with E-state index in [-0.39, 0.29) is 47.5 Å². The number of thiophene rings is 1. The maximum atomic E-state index is 13.2. The Balaban J connectivity index is 0.00000420. The van der Waals surface area contributed by atoms with E-state index >= 15 is 0 Å². The quantitative estimate of drug-likeness (QED) is 0.200. The Bertz CT molecular complexity index is 781. The van der Waals surface area contributed by atoms with E-state index in [0.717, 1.165) is 12.5 Å². The minimum absolute atomic E-state index is 0. The number of hydrogen-bond acceptors (Lipinski definition) is 3. The van der Waals surface area contributed by atoms with Gasteiger partial charge in [0, 0.05) is 29.9 Å². The van der Waals surface area contributed by atoms with Crippen molar-refractivity contribution in [1.29, 1.82) is 0 Å². The molecule has 29 heavy (non-hydrogen) atoms. The lowest BCUT2D eigenvalue weighted by atomic mass is 9.92. The SMILES string of the molecule is CCNC(=NCC(C)(C)c1cccs1)NCCNC(=O)Cc1cccc(F)c1.I. The minimum atomic E-state index is -0.330. The first-order valence-corrected chi connectivity index (χ1v) is 10.4. The van der Waals surface area contributed by atoms with Gasteiger partial charge in [-0.3, -0.25) is 9.79 Å². The molecule has 2 rings (SSSR count). The number of benzene rings is 1. The average molecular weight is 532 g/mol. The summed E-state index contributed by atoms with van der Waals surface area (Å²) < 4.78 is 13.2. The molecule has 8 heteroatoms. The molecule has 1 aromatic heterocycles. The van der Waals surface area contributed by atoms with Crippen LogP contribution in [0, 0.1) is 5.82 Å². The molecule has 0 radical (unpaired) electrons. The molecule has 0 aliphatic heterocycles. The fourth-order valence-corrected chi connectivity index (χ4v) is 3.48. The van der Waals surface area contributed by atoms with E-state index in [2.05, 4.69) is 52.3 Å². The van der Waals surface area contributed by atoms with Gasteiger partial charge >= 0.3 is 0 Å². The number of amides is 1. The number of carbonyl (C=O) groups excluding carboxylic acids is 1. The highest BCUT2D eigenvalue weighted by Gasteiger charge is 2.21. The van der Waals surface area contributed by atoms with Crippen LogP contribution in [0.1, 0.15) is 31.2 Å². The molecule has 0 aliphatic carbocycles. The number of hydrogen-bond donors (Lipinski definition) is 3. The van der Waals surface area contributed by atoms with Crippen LogP contribution in [0.25, 0.3) is 0 Å². The second-order valence-electron chi connectivity index (χ2n) is 7.14. The van der Waals surface area contributed by atoms with E-state index in [0.29, 0.717) is 25.2 Å². The molecule has 2 aromatic rings. The van der Waals surface area contributed by atoms with Gasteiger partial charge in [-0.25, -0.2) is 4.39 Å². The largest absolute Gasteiger partial charge is 0.357 e. The summed E-state index contributed by atoms with van der Waals surface area (Å²) in [5.41, 5.74) is 0.631. The van der Waals surface area contributed by atoms with E-state index in [9.17, 15) is 9.18 Å². The van der Waals surface area contributed by atoms with Crippen LogP contribution in [0.2, 0.25) is 0 Å². The van der Waals surface area contributed by atoms with Gasteiger partial charge in [0.1, 0.15) is 5.82 Å². The zero-order chi connectivity index (χ0) is 20.4. The third-order valence-corrected chi connectivity index (χ3v) is 5.39. The van der Waals surface area contributed by atoms with Gasteiger partial charge in [0.05, 0.1) is 13.0 Å². The van der Waals surface area contributed by atoms with Gasteiger partial charge < -0.3 is 16.0 Å². The smallest absolute Gasteiger partial charge is 0.224 e. The highest BCUT2D eigenvalue weighted by atomic mass is 127. The lowest BCUT2D eigenvalue weighted by Crippen LogP contribution is -2.42. The van der Waals surface area contributed by atoms with Crippen LogP contribution in [0.5, 0.6) is 0 Å². The molecule has 0 saturated heterocycles. The Morgan fingerprint density at radius 2 is 1.90 bits per heavy atom. The highest BCUT2D eigenvalue weighted by molar-refractivity contribution is 14.0. The monoisotopic (exact) mass is 532 g/mol. The molecule has 160 valence electrons. The molecule has 5 nitrogen and oxygen atoms in total. The van der Waals surface area contributed by atoms with Crippen molar-refractivity contribution >= 4 is 47.2 Å². The maximum absolute atomic E-state index is 13.2. The molecular weight excluding hydrogens is 502 g/mol. The molecular formula is C21H30FIN4OS. The van der Waals surface area contributed by atoms with Crippen LogP contribution in [0.3, 0.4) is 0 Å². The van der Waals surface area contributed by atoms with Crippen LogP contribution in [0.15, 0.2) is 46.8 Å². The number of guanidine groups is 1. The van der Waals surface area contributed by atoms with Crippen LogP contribution in [-0.2, 0) is 16.6 Å². The van der Waals surface area contributed by atoms with Gasteiger partial charge in [-0.1, -0.05) is 32.0 Å². The number of nitrogens with one attached hydrogen (secondary N) is 3. The summed E-state index contributed by atoms with van der Waals surface area (Å²) in [6, 6.07) is 10.3. The van der Waals surface area contributed by atoms with Crippen molar-refractivity contribution in [3.8, 4) is 0 Å². The number of aliphatic imine (C=N–C) groups is 1. The van der Waals surface area contributed by atoms with Gasteiger partial charge in [-0.15, -0.1) is 35.3 Å². The Labute approximate surface area is 193 Å². The van der Waals surface area contributed by atoms with E-state index in [1.54, 1.807) is 23.5 Å². The molecule has 0 spiro atoms. The van der Waals surface area contributed by atoms with Gasteiger partial charge in [-0.05, 0) is 36.1 Å². The molecule has 0 saturated carbocycles. The Hall–Kier alpha value is -1.68. The second kappa shape index (κ2) is 12.8. The first-order valence-electron chi connectivity index (χ1n) is 9.48. The molecule has 0 fully saturated rings. The highest BCUT2D eigenvalue weighted by Crippen LogP contribution is 2.27. The van der Waals surface area contributed by atoms with Crippen molar-refractivity contribution in [2.75, 3.05) is 26.2 Å². The third-order valence-electron chi connectivity index (χ3n) is 4.16. The summed E-state index contributed by atoms with van der Waals surface area (Å²) in [6.45, 7) is 8.82. The summed E-state index contributed by atoms with van der Waals surface area (Å²) in [5.74, 6) is 0.267. The average Bonchev–Trinajstić information content (AvgIpc) is 3.19. The zero-order valence-electron chi connectivity index (χ0n) is 17.1. The first kappa shape index (κ1) is 25.4. The molecule has 0 unspecified atom stereocenters. The zero-order valence-corrected chi connectivity index (χ0v) is 20.3. The summed E-state index contributed by atoms with van der Waals surface area (Å²) in [6.07, 6.45) is 0.168. The molecule has 1 heterocycles. The van der Waals surface area contributed by atoms with Gasteiger partial charge in [0.25, 0.3) is 0 Å². The topological polar surface area (TPSA) is 65.5 Å². The summed E-state index contributed by atoms with van der Waals surface area (Å²) >= 11 is 1.74.